The second-order valence-corrected chi connectivity index (χ2v) is 2.90. The van der Waals surface area contributed by atoms with Crippen molar-refractivity contribution in [3.63, 3.8) is 0 Å². The van der Waals surface area contributed by atoms with E-state index in [0.29, 0.717) is 0 Å². The monoisotopic (exact) mass is 150 g/mol. The van der Waals surface area contributed by atoms with Gasteiger partial charge in [-0.05, 0) is 26.2 Å². The minimum Gasteiger partial charge on any atom is -0.342 e. The Bertz CT molecular complexity index is 186. The van der Waals surface area contributed by atoms with Crippen LogP contribution in [0.1, 0.15) is 19.8 Å². The van der Waals surface area contributed by atoms with Crippen molar-refractivity contribution in [2.45, 2.75) is 19.8 Å². The quantitative estimate of drug-likeness (QED) is 0.507. The first-order valence-electron chi connectivity index (χ1n) is 3.96. The summed E-state index contributed by atoms with van der Waals surface area (Å²) in [5.41, 5.74) is 0. The number of carbonyl (C=O) groups is 1. The average Bonchev–Trinajstić information content (AvgIpc) is 2.53. The predicted molar refractivity (Wildman–Crippen MR) is 42.1 cm³/mol. The van der Waals surface area contributed by atoms with Crippen LogP contribution >= 0.6 is 0 Å². The van der Waals surface area contributed by atoms with Crippen LogP contribution in [0.15, 0.2) is 0 Å². The second-order valence-electron chi connectivity index (χ2n) is 2.90. The summed E-state index contributed by atoms with van der Waals surface area (Å²) in [4.78, 5) is 13.1. The number of amides is 1. The Hall–Kier alpha value is -0.970. The van der Waals surface area contributed by atoms with Crippen molar-refractivity contribution < 1.29 is 4.79 Å². The van der Waals surface area contributed by atoms with Crippen molar-refractivity contribution in [3.8, 4) is 5.92 Å². The third kappa shape index (κ3) is 1.74. The fourth-order valence-electron chi connectivity index (χ4n) is 1.27. The van der Waals surface area contributed by atoms with Crippen molar-refractivity contribution >= 4 is 5.91 Å². The lowest BCUT2D eigenvalue weighted by Gasteiger charge is -2.16. The van der Waals surface area contributed by atoms with E-state index < -0.39 is 0 Å². The van der Waals surface area contributed by atoms with Gasteiger partial charge in [-0.25, -0.2) is 0 Å². The van der Waals surface area contributed by atoms with Gasteiger partial charge in [-0.3, -0.25) is 4.79 Å². The summed E-state index contributed by atoms with van der Waals surface area (Å²) in [6, 6.07) is 0. The molecule has 1 aliphatic rings. The van der Waals surface area contributed by atoms with E-state index >= 15 is 0 Å². The van der Waals surface area contributed by atoms with E-state index in [1.54, 1.807) is 6.92 Å². The van der Waals surface area contributed by atoms with Crippen LogP contribution in [0.25, 0.3) is 0 Å². The summed E-state index contributed by atoms with van der Waals surface area (Å²) >= 11 is 0. The van der Waals surface area contributed by atoms with Gasteiger partial charge in [0.1, 0.15) is 0 Å². The molecule has 0 aliphatic carbocycles. The Morgan fingerprint density at radius 1 is 1.55 bits per heavy atom. The first-order chi connectivity index (χ1) is 5.25. The Morgan fingerprint density at radius 3 is 2.55 bits per heavy atom. The summed E-state index contributed by atoms with van der Waals surface area (Å²) < 4.78 is 0. The van der Waals surface area contributed by atoms with Gasteiger partial charge < -0.3 is 4.90 Å². The summed E-state index contributed by atoms with van der Waals surface area (Å²) in [5, 5.41) is 0. The van der Waals surface area contributed by atoms with Crippen LogP contribution in [0.5, 0.6) is 0 Å². The van der Waals surface area contributed by atoms with Crippen LogP contribution in [0.4, 0.5) is 0 Å². The van der Waals surface area contributed by atoms with Crippen molar-refractivity contribution in [2.24, 2.45) is 5.92 Å². The molecule has 1 saturated heterocycles. The molecule has 0 aromatic carbocycles. The molecule has 1 amide bonds. The molecule has 11 heavy (non-hydrogen) atoms. The molecule has 0 aromatic rings. The molecule has 59 valence electrons. The van der Waals surface area contributed by atoms with E-state index in [2.05, 4.69) is 5.92 Å². The summed E-state index contributed by atoms with van der Waals surface area (Å²) in [6.45, 7) is 3.45. The number of carbonyl (C=O) groups excluding carboxylic acids is 1. The molecular weight excluding hydrogens is 138 g/mol. The van der Waals surface area contributed by atoms with Crippen LogP contribution < -0.4 is 0 Å². The van der Waals surface area contributed by atoms with E-state index in [9.17, 15) is 4.79 Å². The Balaban J connectivity index is 2.47. The van der Waals surface area contributed by atoms with Crippen LogP contribution in [-0.2, 0) is 4.79 Å². The van der Waals surface area contributed by atoms with E-state index in [-0.39, 0.29) is 11.8 Å². The van der Waals surface area contributed by atoms with Gasteiger partial charge >= 0.3 is 0 Å². The molecule has 1 fully saturated rings. The molecule has 0 N–H and O–H groups in total. The molecule has 0 aromatic heterocycles. The first-order valence-corrected chi connectivity index (χ1v) is 3.96. The van der Waals surface area contributed by atoms with Crippen molar-refractivity contribution in [2.75, 3.05) is 13.1 Å². The first kappa shape index (κ1) is 8.13. The second kappa shape index (κ2) is 3.43. The normalized spacial score (nSPS) is 19.5. The highest BCUT2D eigenvalue weighted by molar-refractivity contribution is 5.81. The molecule has 1 heterocycles. The highest BCUT2D eigenvalue weighted by Crippen LogP contribution is 2.10. The van der Waals surface area contributed by atoms with E-state index in [4.69, 9.17) is 6.42 Å². The minimum absolute atomic E-state index is 0.0532. The minimum atomic E-state index is -0.354. The largest absolute Gasteiger partial charge is 0.342 e. The fraction of sp³-hybridized carbons (Fsp3) is 0.667. The molecule has 1 unspecified atom stereocenters. The zero-order chi connectivity index (χ0) is 8.27. The highest BCUT2D eigenvalue weighted by atomic mass is 16.2. The van der Waals surface area contributed by atoms with Gasteiger partial charge in [0.15, 0.2) is 0 Å². The van der Waals surface area contributed by atoms with Crippen LogP contribution in [0.2, 0.25) is 0 Å². The number of hydrogen-bond acceptors (Lipinski definition) is 1. The predicted octanol–water partition coefficient (Wildman–Crippen LogP) is 0.835. The van der Waals surface area contributed by atoms with E-state index in [0.717, 1.165) is 25.9 Å². The molecule has 1 aliphatic heterocycles. The lowest BCUT2D eigenvalue weighted by Crippen LogP contribution is -2.31. The van der Waals surface area contributed by atoms with Crippen molar-refractivity contribution in [1.82, 2.24) is 4.90 Å². The molecule has 0 bridgehead atoms. The Kier molecular flexibility index (Phi) is 2.53. The SMILES string of the molecule is [C]#CC(C)C(=O)N1CCCC1. The van der Waals surface area contributed by atoms with Crippen LogP contribution in [0.3, 0.4) is 0 Å². The number of nitrogens with zero attached hydrogens (tertiary/aromatic N) is 1. The zero-order valence-electron chi connectivity index (χ0n) is 6.76. The van der Waals surface area contributed by atoms with Crippen molar-refractivity contribution in [3.05, 3.63) is 6.42 Å². The molecule has 1 atom stereocenters. The van der Waals surface area contributed by atoms with Gasteiger partial charge in [0, 0.05) is 13.1 Å². The lowest BCUT2D eigenvalue weighted by atomic mass is 10.2. The van der Waals surface area contributed by atoms with Crippen molar-refractivity contribution in [1.29, 1.82) is 0 Å². The zero-order valence-corrected chi connectivity index (χ0v) is 6.76. The van der Waals surface area contributed by atoms with Gasteiger partial charge in [-0.1, -0.05) is 5.92 Å². The van der Waals surface area contributed by atoms with Crippen LogP contribution in [-0.4, -0.2) is 23.9 Å². The molecule has 1 radical (unpaired) electrons. The number of likely N-dealkylation sites (tertiary alicyclic amines) is 1. The molecule has 1 rings (SSSR count). The maximum Gasteiger partial charge on any atom is 0.237 e. The van der Waals surface area contributed by atoms with Gasteiger partial charge in [0.25, 0.3) is 0 Å². The van der Waals surface area contributed by atoms with Gasteiger partial charge in [0.2, 0.25) is 5.91 Å². The highest BCUT2D eigenvalue weighted by Gasteiger charge is 2.21. The Labute approximate surface area is 67.6 Å². The Morgan fingerprint density at radius 2 is 2.09 bits per heavy atom. The summed E-state index contributed by atoms with van der Waals surface area (Å²) in [5.74, 6) is 1.90. The maximum absolute atomic E-state index is 11.3. The smallest absolute Gasteiger partial charge is 0.237 e. The fourth-order valence-corrected chi connectivity index (χ4v) is 1.27. The summed E-state index contributed by atoms with van der Waals surface area (Å²) in [7, 11) is 0. The number of rotatable bonds is 1. The molecule has 0 saturated carbocycles. The lowest BCUT2D eigenvalue weighted by molar-refractivity contribution is -0.132. The number of hydrogen-bond donors (Lipinski definition) is 0. The molecule has 2 heteroatoms. The summed E-state index contributed by atoms with van der Waals surface area (Å²) in [6.07, 6.45) is 9.02. The molecular formula is C9H12NO. The molecule has 0 spiro atoms. The third-order valence-corrected chi connectivity index (χ3v) is 2.00. The topological polar surface area (TPSA) is 20.3 Å². The standard InChI is InChI=1S/C9H12NO/c1-3-8(2)9(11)10-6-4-5-7-10/h8H,4-7H2,2H3. The van der Waals surface area contributed by atoms with Gasteiger partial charge in [-0.15, -0.1) is 0 Å². The molecule has 2 nitrogen and oxygen atoms in total. The average molecular weight is 150 g/mol. The van der Waals surface area contributed by atoms with Crippen LogP contribution in [0, 0.1) is 18.3 Å². The van der Waals surface area contributed by atoms with E-state index in [1.165, 1.54) is 0 Å². The van der Waals surface area contributed by atoms with Gasteiger partial charge in [0.05, 0.1) is 5.92 Å². The third-order valence-electron chi connectivity index (χ3n) is 2.00. The maximum atomic E-state index is 11.3. The van der Waals surface area contributed by atoms with E-state index in [1.807, 2.05) is 4.90 Å². The van der Waals surface area contributed by atoms with Gasteiger partial charge in [-0.2, -0.15) is 0 Å².